The van der Waals surface area contributed by atoms with E-state index in [1.54, 1.807) is 27.4 Å². The molecule has 130 valence electrons. The Morgan fingerprint density at radius 3 is 2.20 bits per heavy atom. The first-order valence-electron chi connectivity index (χ1n) is 8.24. The van der Waals surface area contributed by atoms with Crippen LogP contribution in [0.3, 0.4) is 0 Å². The Labute approximate surface area is 148 Å². The summed E-state index contributed by atoms with van der Waals surface area (Å²) in [6.45, 7) is 0. The van der Waals surface area contributed by atoms with Crippen molar-refractivity contribution in [3.63, 3.8) is 0 Å². The summed E-state index contributed by atoms with van der Waals surface area (Å²) in [5.41, 5.74) is 3.17. The van der Waals surface area contributed by atoms with E-state index in [1.807, 2.05) is 42.5 Å². The highest BCUT2D eigenvalue weighted by Crippen LogP contribution is 2.38. The third-order valence-electron chi connectivity index (χ3n) is 4.59. The molecule has 1 aliphatic carbocycles. The summed E-state index contributed by atoms with van der Waals surface area (Å²) >= 11 is 0. The van der Waals surface area contributed by atoms with E-state index in [1.165, 1.54) is 0 Å². The zero-order valence-electron chi connectivity index (χ0n) is 14.7. The molecule has 2 aromatic carbocycles. The average molecular weight is 338 g/mol. The Bertz CT molecular complexity index is 790. The van der Waals surface area contributed by atoms with E-state index in [2.05, 4.69) is 0 Å². The molecule has 0 spiro atoms. The molecule has 0 radical (unpaired) electrons. The summed E-state index contributed by atoms with van der Waals surface area (Å²) in [6.07, 6.45) is 3.10. The predicted octanol–water partition coefficient (Wildman–Crippen LogP) is 4.24. The van der Waals surface area contributed by atoms with E-state index in [9.17, 15) is 4.79 Å². The lowest BCUT2D eigenvalue weighted by atomic mass is 9.81. The van der Waals surface area contributed by atoms with Crippen molar-refractivity contribution in [3.8, 4) is 17.2 Å². The fourth-order valence-electron chi connectivity index (χ4n) is 3.24. The number of allylic oxidation sites excluding steroid dienone is 2. The van der Waals surface area contributed by atoms with Crippen molar-refractivity contribution in [2.24, 2.45) is 0 Å². The molecule has 2 aromatic rings. The third kappa shape index (κ3) is 3.68. The zero-order valence-corrected chi connectivity index (χ0v) is 14.7. The van der Waals surface area contributed by atoms with Gasteiger partial charge in [-0.05, 0) is 59.4 Å². The lowest BCUT2D eigenvalue weighted by molar-refractivity contribution is -0.115. The maximum atomic E-state index is 12.3. The van der Waals surface area contributed by atoms with Gasteiger partial charge in [0, 0.05) is 6.42 Å². The normalized spacial score (nSPS) is 17.0. The molecule has 4 heteroatoms. The van der Waals surface area contributed by atoms with Gasteiger partial charge in [-0.3, -0.25) is 4.79 Å². The number of benzene rings is 2. The molecule has 0 saturated carbocycles. The zero-order chi connectivity index (χ0) is 17.8. The van der Waals surface area contributed by atoms with Crippen LogP contribution in [0.25, 0.3) is 5.57 Å². The van der Waals surface area contributed by atoms with Crippen molar-refractivity contribution in [2.75, 3.05) is 21.3 Å². The molecular formula is C21H22O4. The molecule has 1 atom stereocenters. The van der Waals surface area contributed by atoms with E-state index < -0.39 is 0 Å². The third-order valence-corrected chi connectivity index (χ3v) is 4.59. The molecule has 0 heterocycles. The molecule has 1 aliphatic rings. The standard InChI is InChI=1S/C21H22O4/c1-23-19-7-4-14(5-8-19)16-10-17(12-18(22)11-16)15-6-9-20(24-2)21(13-15)25-3/h4-9,12-13,16H,10-11H2,1-3H3/t16-/m1/s1. The first-order valence-corrected chi connectivity index (χ1v) is 8.24. The van der Waals surface area contributed by atoms with Crippen LogP contribution in [0.4, 0.5) is 0 Å². The SMILES string of the molecule is COc1ccc([C@H]2CC(=O)C=C(c3ccc(OC)c(OC)c3)C2)cc1. The van der Waals surface area contributed by atoms with Crippen molar-refractivity contribution in [3.05, 3.63) is 59.7 Å². The number of hydrogen-bond donors (Lipinski definition) is 0. The highest BCUT2D eigenvalue weighted by molar-refractivity contribution is 5.99. The number of ether oxygens (including phenoxy) is 3. The molecule has 3 rings (SSSR count). The summed E-state index contributed by atoms with van der Waals surface area (Å²) in [7, 11) is 4.87. The average Bonchev–Trinajstić information content (AvgIpc) is 2.67. The fraction of sp³-hybridized carbons (Fsp3) is 0.286. The molecule has 0 fully saturated rings. The van der Waals surface area contributed by atoms with Crippen molar-refractivity contribution in [1.82, 2.24) is 0 Å². The van der Waals surface area contributed by atoms with E-state index >= 15 is 0 Å². The van der Waals surface area contributed by atoms with Gasteiger partial charge in [0.15, 0.2) is 17.3 Å². The van der Waals surface area contributed by atoms with Gasteiger partial charge in [-0.25, -0.2) is 0 Å². The summed E-state index contributed by atoms with van der Waals surface area (Å²) in [4.78, 5) is 12.3. The summed E-state index contributed by atoms with van der Waals surface area (Å²) in [6, 6.07) is 13.7. The van der Waals surface area contributed by atoms with Gasteiger partial charge in [-0.2, -0.15) is 0 Å². The second-order valence-electron chi connectivity index (χ2n) is 6.08. The Hall–Kier alpha value is -2.75. The molecule has 0 aliphatic heterocycles. The van der Waals surface area contributed by atoms with Crippen LogP contribution in [0.5, 0.6) is 17.2 Å². The Morgan fingerprint density at radius 1 is 0.840 bits per heavy atom. The molecule has 0 aromatic heterocycles. The van der Waals surface area contributed by atoms with Crippen LogP contribution >= 0.6 is 0 Å². The Kier molecular flexibility index (Phi) is 5.08. The van der Waals surface area contributed by atoms with Crippen molar-refractivity contribution in [2.45, 2.75) is 18.8 Å². The minimum atomic E-state index is 0.150. The van der Waals surface area contributed by atoms with Gasteiger partial charge in [0.1, 0.15) is 5.75 Å². The molecule has 0 bridgehead atoms. The highest BCUT2D eigenvalue weighted by Gasteiger charge is 2.23. The van der Waals surface area contributed by atoms with Gasteiger partial charge in [-0.15, -0.1) is 0 Å². The van der Waals surface area contributed by atoms with Gasteiger partial charge < -0.3 is 14.2 Å². The van der Waals surface area contributed by atoms with Crippen LogP contribution in [0, 0.1) is 0 Å². The Balaban J connectivity index is 1.88. The van der Waals surface area contributed by atoms with Crippen LogP contribution in [0.2, 0.25) is 0 Å². The number of carbonyl (C=O) groups is 1. The van der Waals surface area contributed by atoms with Gasteiger partial charge in [-0.1, -0.05) is 18.2 Å². The molecular weight excluding hydrogens is 316 g/mol. The number of methoxy groups -OCH3 is 3. The van der Waals surface area contributed by atoms with E-state index in [-0.39, 0.29) is 11.7 Å². The second-order valence-corrected chi connectivity index (χ2v) is 6.08. The summed E-state index contributed by atoms with van der Waals surface area (Å²) in [5, 5.41) is 0. The van der Waals surface area contributed by atoms with Crippen molar-refractivity contribution < 1.29 is 19.0 Å². The maximum absolute atomic E-state index is 12.3. The topological polar surface area (TPSA) is 44.8 Å². The van der Waals surface area contributed by atoms with Crippen LogP contribution < -0.4 is 14.2 Å². The summed E-state index contributed by atoms with van der Waals surface area (Å²) < 4.78 is 15.9. The van der Waals surface area contributed by atoms with Crippen LogP contribution in [0.1, 0.15) is 29.9 Å². The quantitative estimate of drug-likeness (QED) is 0.818. The highest BCUT2D eigenvalue weighted by atomic mass is 16.5. The van der Waals surface area contributed by atoms with Crippen LogP contribution in [-0.4, -0.2) is 27.1 Å². The largest absolute Gasteiger partial charge is 0.497 e. The number of carbonyl (C=O) groups excluding carboxylic acids is 1. The summed E-state index contributed by atoms with van der Waals surface area (Å²) in [5.74, 6) is 2.49. The minimum absolute atomic E-state index is 0.150. The molecule has 0 unspecified atom stereocenters. The minimum Gasteiger partial charge on any atom is -0.497 e. The van der Waals surface area contributed by atoms with E-state index in [4.69, 9.17) is 14.2 Å². The van der Waals surface area contributed by atoms with E-state index in [0.29, 0.717) is 17.9 Å². The van der Waals surface area contributed by atoms with Gasteiger partial charge >= 0.3 is 0 Å². The molecule has 0 amide bonds. The lowest BCUT2D eigenvalue weighted by Crippen LogP contribution is -2.12. The first-order chi connectivity index (χ1) is 12.1. The van der Waals surface area contributed by atoms with Gasteiger partial charge in [0.25, 0.3) is 0 Å². The number of rotatable bonds is 5. The second kappa shape index (κ2) is 7.43. The smallest absolute Gasteiger partial charge is 0.161 e. The predicted molar refractivity (Wildman–Crippen MR) is 97.5 cm³/mol. The first kappa shape index (κ1) is 17.1. The Morgan fingerprint density at radius 2 is 1.56 bits per heavy atom. The fourth-order valence-corrected chi connectivity index (χ4v) is 3.24. The maximum Gasteiger partial charge on any atom is 0.161 e. The van der Waals surface area contributed by atoms with Crippen LogP contribution in [0.15, 0.2) is 48.5 Å². The van der Waals surface area contributed by atoms with Crippen molar-refractivity contribution >= 4 is 11.4 Å². The van der Waals surface area contributed by atoms with Gasteiger partial charge in [0.2, 0.25) is 0 Å². The van der Waals surface area contributed by atoms with Gasteiger partial charge in [0.05, 0.1) is 21.3 Å². The lowest BCUT2D eigenvalue weighted by Gasteiger charge is -2.23. The molecule has 25 heavy (non-hydrogen) atoms. The molecule has 0 N–H and O–H groups in total. The van der Waals surface area contributed by atoms with Crippen LogP contribution in [-0.2, 0) is 4.79 Å². The number of ketones is 1. The molecule has 4 nitrogen and oxygen atoms in total. The molecule has 0 saturated heterocycles. The van der Waals surface area contributed by atoms with Crippen molar-refractivity contribution in [1.29, 1.82) is 0 Å². The monoisotopic (exact) mass is 338 g/mol. The number of hydrogen-bond acceptors (Lipinski definition) is 4. The van der Waals surface area contributed by atoms with E-state index in [0.717, 1.165) is 28.9 Å².